The van der Waals surface area contributed by atoms with Gasteiger partial charge < -0.3 is 21.3 Å². The number of nitrogens with two attached hydrogens (primary N) is 2. The summed E-state index contributed by atoms with van der Waals surface area (Å²) in [7, 11) is 1.25. The summed E-state index contributed by atoms with van der Waals surface area (Å²) in [5.41, 5.74) is 14.4. The predicted molar refractivity (Wildman–Crippen MR) is 109 cm³/mol. The third kappa shape index (κ3) is 4.01. The lowest BCUT2D eigenvalue weighted by molar-refractivity contribution is -0.143. The van der Waals surface area contributed by atoms with Gasteiger partial charge >= 0.3 is 12.1 Å². The van der Waals surface area contributed by atoms with Gasteiger partial charge in [0.1, 0.15) is 6.04 Å². The molecule has 8 heteroatoms. The van der Waals surface area contributed by atoms with E-state index in [4.69, 9.17) is 16.2 Å². The van der Waals surface area contributed by atoms with Crippen molar-refractivity contribution in [3.8, 4) is 11.1 Å². The summed E-state index contributed by atoms with van der Waals surface area (Å²) in [5.74, 6) is -1.16. The summed E-state index contributed by atoms with van der Waals surface area (Å²) in [6.07, 6.45) is -0.115. The van der Waals surface area contributed by atoms with Gasteiger partial charge in [0.2, 0.25) is 0 Å². The summed E-state index contributed by atoms with van der Waals surface area (Å²) in [6.45, 7) is 0.277. The molecule has 0 fully saturated rings. The van der Waals surface area contributed by atoms with E-state index in [1.165, 1.54) is 12.0 Å². The fourth-order valence-corrected chi connectivity index (χ4v) is 3.82. The van der Waals surface area contributed by atoms with Crippen LogP contribution in [0.5, 0.6) is 0 Å². The van der Waals surface area contributed by atoms with Crippen LogP contribution in [0.25, 0.3) is 11.1 Å². The molecule has 0 saturated heterocycles. The number of ether oxygens (including phenoxy) is 1. The zero-order chi connectivity index (χ0) is 21.0. The van der Waals surface area contributed by atoms with Crippen molar-refractivity contribution in [1.29, 1.82) is 0 Å². The van der Waals surface area contributed by atoms with Crippen LogP contribution in [0.3, 0.4) is 0 Å². The summed E-state index contributed by atoms with van der Waals surface area (Å²) in [4.78, 5) is 30.1. The van der Waals surface area contributed by atoms with Crippen molar-refractivity contribution in [2.24, 2.45) is 16.5 Å². The Morgan fingerprint density at radius 1 is 1.10 bits per heavy atom. The van der Waals surface area contributed by atoms with Crippen LogP contribution in [0.1, 0.15) is 30.0 Å². The second-order valence-electron chi connectivity index (χ2n) is 6.76. The van der Waals surface area contributed by atoms with E-state index < -0.39 is 24.1 Å². The van der Waals surface area contributed by atoms with Crippen molar-refractivity contribution in [2.75, 3.05) is 13.7 Å². The van der Waals surface area contributed by atoms with Gasteiger partial charge in [-0.1, -0.05) is 48.5 Å². The number of aliphatic carboxylic acids is 1. The first kappa shape index (κ1) is 20.2. The van der Waals surface area contributed by atoms with Crippen LogP contribution < -0.4 is 11.5 Å². The number of aliphatic imine (C=N–C) groups is 1. The van der Waals surface area contributed by atoms with Gasteiger partial charge in [0.05, 0.1) is 13.2 Å². The fraction of sp³-hybridized carbons (Fsp3) is 0.286. The molecule has 0 spiro atoms. The first-order valence-corrected chi connectivity index (χ1v) is 9.28. The zero-order valence-corrected chi connectivity index (χ0v) is 16.1. The number of hydrogen-bond donors (Lipinski definition) is 3. The van der Waals surface area contributed by atoms with E-state index in [0.29, 0.717) is 6.42 Å². The second kappa shape index (κ2) is 8.64. The van der Waals surface area contributed by atoms with Gasteiger partial charge in [0, 0.05) is 6.54 Å². The minimum absolute atomic E-state index is 0.0552. The van der Waals surface area contributed by atoms with Crippen molar-refractivity contribution in [1.82, 2.24) is 4.90 Å². The van der Waals surface area contributed by atoms with E-state index in [1.54, 1.807) is 0 Å². The number of hydrogen-bond acceptors (Lipinski definition) is 4. The largest absolute Gasteiger partial charge is 0.480 e. The highest BCUT2D eigenvalue weighted by atomic mass is 16.5. The highest BCUT2D eigenvalue weighted by Crippen LogP contribution is 2.47. The average molecular weight is 396 g/mol. The third-order valence-corrected chi connectivity index (χ3v) is 5.02. The number of fused-ring (bicyclic) bond motifs is 3. The molecular weight excluding hydrogens is 372 g/mol. The normalized spacial score (nSPS) is 13.1. The van der Waals surface area contributed by atoms with E-state index >= 15 is 0 Å². The van der Waals surface area contributed by atoms with Crippen molar-refractivity contribution in [3.63, 3.8) is 0 Å². The van der Waals surface area contributed by atoms with Crippen LogP contribution in [0, 0.1) is 0 Å². The van der Waals surface area contributed by atoms with Gasteiger partial charge in [-0.2, -0.15) is 0 Å². The number of guanidine groups is 1. The molecule has 1 atom stereocenters. The van der Waals surface area contributed by atoms with Crippen LogP contribution in [0.2, 0.25) is 0 Å². The highest BCUT2D eigenvalue weighted by Gasteiger charge is 2.41. The number of carboxylic acid groups (broad SMARTS) is 1. The number of amides is 1. The molecule has 5 N–H and O–H groups in total. The molecule has 0 bridgehead atoms. The Hall–Kier alpha value is -3.55. The molecule has 3 rings (SSSR count). The molecular formula is C21H24N4O4. The van der Waals surface area contributed by atoms with Gasteiger partial charge in [-0.05, 0) is 35.1 Å². The Labute approximate surface area is 168 Å². The maximum absolute atomic E-state index is 12.8. The van der Waals surface area contributed by atoms with Gasteiger partial charge in [-0.15, -0.1) is 0 Å². The molecule has 8 nitrogen and oxygen atoms in total. The topological polar surface area (TPSA) is 131 Å². The van der Waals surface area contributed by atoms with Crippen LogP contribution in [-0.2, 0) is 9.53 Å². The lowest BCUT2D eigenvalue weighted by Crippen LogP contribution is -2.47. The number of methoxy groups -OCH3 is 1. The molecule has 0 radical (unpaired) electrons. The van der Waals surface area contributed by atoms with E-state index in [9.17, 15) is 14.7 Å². The van der Waals surface area contributed by atoms with Gasteiger partial charge in [-0.25, -0.2) is 9.59 Å². The number of rotatable bonds is 7. The monoisotopic (exact) mass is 396 g/mol. The number of carbonyl (C=O) groups is 2. The molecule has 0 aliphatic heterocycles. The van der Waals surface area contributed by atoms with Crippen molar-refractivity contribution in [3.05, 3.63) is 59.7 Å². The first-order valence-electron chi connectivity index (χ1n) is 9.28. The summed E-state index contributed by atoms with van der Waals surface area (Å²) in [6, 6.07) is 13.7. The number of nitrogens with zero attached hydrogens (tertiary/aromatic N) is 2. The molecule has 1 amide bonds. The molecule has 2 aromatic carbocycles. The quantitative estimate of drug-likeness (QED) is 0.374. The minimum atomic E-state index is -1.11. The standard InChI is InChI=1S/C21H24N4O4/c1-29-21(28)25(17(19(26)27)11-6-12-24-20(22)23)18-15-9-4-2-7-13(15)14-8-3-5-10-16(14)18/h2-5,7-10,17-18H,6,11-12H2,1H3,(H,26,27)(H4,22,23,24)/t17-/m1/s1. The van der Waals surface area contributed by atoms with Crippen LogP contribution in [-0.4, -0.2) is 47.7 Å². The molecule has 1 aliphatic rings. The summed E-state index contributed by atoms with van der Waals surface area (Å²) < 4.78 is 4.99. The lowest BCUT2D eigenvalue weighted by atomic mass is 10.00. The number of carboxylic acids is 1. The molecule has 0 heterocycles. The summed E-state index contributed by atoms with van der Waals surface area (Å²) >= 11 is 0. The highest BCUT2D eigenvalue weighted by molar-refractivity contribution is 5.85. The zero-order valence-electron chi connectivity index (χ0n) is 16.1. The molecule has 0 aromatic heterocycles. The van der Waals surface area contributed by atoms with Crippen LogP contribution in [0.15, 0.2) is 53.5 Å². The number of carbonyl (C=O) groups excluding carboxylic acids is 1. The molecule has 29 heavy (non-hydrogen) atoms. The summed E-state index contributed by atoms with van der Waals surface area (Å²) in [5, 5.41) is 9.92. The van der Waals surface area contributed by atoms with E-state index in [-0.39, 0.29) is 18.9 Å². The fourth-order valence-electron chi connectivity index (χ4n) is 3.82. The van der Waals surface area contributed by atoms with Crippen molar-refractivity contribution in [2.45, 2.75) is 24.9 Å². The Kier molecular flexibility index (Phi) is 6.01. The van der Waals surface area contributed by atoms with E-state index in [0.717, 1.165) is 22.3 Å². The Morgan fingerprint density at radius 3 is 2.14 bits per heavy atom. The molecule has 0 saturated carbocycles. The van der Waals surface area contributed by atoms with E-state index in [1.807, 2.05) is 48.5 Å². The Morgan fingerprint density at radius 2 is 1.66 bits per heavy atom. The van der Waals surface area contributed by atoms with Crippen molar-refractivity contribution >= 4 is 18.0 Å². The van der Waals surface area contributed by atoms with Gasteiger partial charge in [0.25, 0.3) is 0 Å². The molecule has 1 aliphatic carbocycles. The SMILES string of the molecule is COC(=O)N(C1c2ccccc2-c2ccccc21)[C@H](CCCN=C(N)N)C(=O)O. The van der Waals surface area contributed by atoms with Crippen molar-refractivity contribution < 1.29 is 19.4 Å². The van der Waals surface area contributed by atoms with Crippen LogP contribution in [0.4, 0.5) is 4.79 Å². The minimum Gasteiger partial charge on any atom is -0.480 e. The molecule has 2 aromatic rings. The van der Waals surface area contributed by atoms with E-state index in [2.05, 4.69) is 4.99 Å². The smallest absolute Gasteiger partial charge is 0.411 e. The van der Waals surface area contributed by atoms with Crippen LogP contribution >= 0.6 is 0 Å². The second-order valence-corrected chi connectivity index (χ2v) is 6.76. The van der Waals surface area contributed by atoms with Gasteiger partial charge in [0.15, 0.2) is 5.96 Å². The first-order chi connectivity index (χ1) is 14.0. The third-order valence-electron chi connectivity index (χ3n) is 5.02. The predicted octanol–water partition coefficient (Wildman–Crippen LogP) is 2.33. The maximum atomic E-state index is 12.8. The Balaban J connectivity index is 2.03. The maximum Gasteiger partial charge on any atom is 0.411 e. The number of benzene rings is 2. The lowest BCUT2D eigenvalue weighted by Gasteiger charge is -2.34. The average Bonchev–Trinajstić information content (AvgIpc) is 3.04. The molecule has 0 unspecified atom stereocenters. The van der Waals surface area contributed by atoms with Gasteiger partial charge in [-0.3, -0.25) is 9.89 Å². The Bertz CT molecular complexity index is 894. The molecule has 152 valence electrons.